The van der Waals surface area contributed by atoms with Gasteiger partial charge in [-0.3, -0.25) is 0 Å². The van der Waals surface area contributed by atoms with E-state index in [1.54, 1.807) is 0 Å². The molecule has 94 valence electrons. The zero-order valence-corrected chi connectivity index (χ0v) is 10.8. The SMILES string of the molecule is CCc1noc(-c2ccccc2)c1-c1ccccc1. The Labute approximate surface area is 112 Å². The van der Waals surface area contributed by atoms with E-state index < -0.39 is 0 Å². The molecule has 0 fully saturated rings. The molecule has 0 aliphatic rings. The standard InChI is InChI=1S/C17H15NO/c1-2-15-16(13-9-5-3-6-10-13)17(19-18-15)14-11-7-4-8-12-14/h3-12H,2H2,1H3. The molecule has 0 saturated carbocycles. The summed E-state index contributed by atoms with van der Waals surface area (Å²) in [6, 6.07) is 20.4. The highest BCUT2D eigenvalue weighted by Gasteiger charge is 2.17. The van der Waals surface area contributed by atoms with Crippen molar-refractivity contribution in [3.05, 3.63) is 66.4 Å². The second kappa shape index (κ2) is 5.11. The van der Waals surface area contributed by atoms with E-state index in [9.17, 15) is 0 Å². The third-order valence-corrected chi connectivity index (χ3v) is 3.20. The minimum absolute atomic E-state index is 0.851. The van der Waals surface area contributed by atoms with Gasteiger partial charge in [0.1, 0.15) is 0 Å². The van der Waals surface area contributed by atoms with Crippen molar-refractivity contribution in [1.29, 1.82) is 0 Å². The van der Waals surface area contributed by atoms with Crippen molar-refractivity contribution in [2.24, 2.45) is 0 Å². The van der Waals surface area contributed by atoms with Crippen LogP contribution in [0.4, 0.5) is 0 Å². The fraction of sp³-hybridized carbons (Fsp3) is 0.118. The average molecular weight is 249 g/mol. The van der Waals surface area contributed by atoms with Crippen LogP contribution < -0.4 is 0 Å². The van der Waals surface area contributed by atoms with E-state index in [0.717, 1.165) is 34.6 Å². The van der Waals surface area contributed by atoms with Crippen LogP contribution in [0.1, 0.15) is 12.6 Å². The summed E-state index contributed by atoms with van der Waals surface area (Å²) in [5, 5.41) is 4.21. The third-order valence-electron chi connectivity index (χ3n) is 3.20. The maximum absolute atomic E-state index is 5.58. The second-order valence-corrected chi connectivity index (χ2v) is 4.42. The lowest BCUT2D eigenvalue weighted by atomic mass is 9.99. The maximum atomic E-state index is 5.58. The lowest BCUT2D eigenvalue weighted by Gasteiger charge is -2.03. The van der Waals surface area contributed by atoms with E-state index in [1.165, 1.54) is 0 Å². The van der Waals surface area contributed by atoms with Gasteiger partial charge >= 0.3 is 0 Å². The molecule has 19 heavy (non-hydrogen) atoms. The Morgan fingerprint density at radius 3 is 2.00 bits per heavy atom. The van der Waals surface area contributed by atoms with Crippen molar-refractivity contribution in [3.8, 4) is 22.5 Å². The van der Waals surface area contributed by atoms with Gasteiger partial charge in [0.15, 0.2) is 5.76 Å². The highest BCUT2D eigenvalue weighted by molar-refractivity contribution is 5.81. The molecule has 0 amide bonds. The minimum atomic E-state index is 0.851. The first kappa shape index (κ1) is 11.7. The van der Waals surface area contributed by atoms with Crippen LogP contribution in [0.2, 0.25) is 0 Å². The second-order valence-electron chi connectivity index (χ2n) is 4.42. The van der Waals surface area contributed by atoms with Gasteiger partial charge in [0.05, 0.1) is 11.3 Å². The molecule has 0 bridgehead atoms. The molecule has 2 nitrogen and oxygen atoms in total. The fourth-order valence-corrected chi connectivity index (χ4v) is 2.25. The fourth-order valence-electron chi connectivity index (χ4n) is 2.25. The zero-order chi connectivity index (χ0) is 13.1. The third kappa shape index (κ3) is 2.17. The van der Waals surface area contributed by atoms with Crippen molar-refractivity contribution in [3.63, 3.8) is 0 Å². The predicted octanol–water partition coefficient (Wildman–Crippen LogP) is 4.57. The summed E-state index contributed by atoms with van der Waals surface area (Å²) in [5.41, 5.74) is 4.33. The predicted molar refractivity (Wildman–Crippen MR) is 76.8 cm³/mol. The van der Waals surface area contributed by atoms with Gasteiger partial charge in [0.25, 0.3) is 0 Å². The van der Waals surface area contributed by atoms with Crippen molar-refractivity contribution in [2.75, 3.05) is 0 Å². The molecule has 0 spiro atoms. The molecule has 0 aliphatic heterocycles. The first-order valence-electron chi connectivity index (χ1n) is 6.49. The van der Waals surface area contributed by atoms with Gasteiger partial charge in [-0.2, -0.15) is 0 Å². The highest BCUT2D eigenvalue weighted by atomic mass is 16.5. The highest BCUT2D eigenvalue weighted by Crippen LogP contribution is 2.35. The molecular formula is C17H15NO. The van der Waals surface area contributed by atoms with Crippen LogP contribution in [0.25, 0.3) is 22.5 Å². The van der Waals surface area contributed by atoms with E-state index in [0.29, 0.717) is 0 Å². The van der Waals surface area contributed by atoms with Gasteiger partial charge in [0.2, 0.25) is 0 Å². The van der Waals surface area contributed by atoms with E-state index in [2.05, 4.69) is 24.2 Å². The number of benzene rings is 2. The van der Waals surface area contributed by atoms with Crippen LogP contribution >= 0.6 is 0 Å². The van der Waals surface area contributed by atoms with E-state index in [1.807, 2.05) is 48.5 Å². The number of nitrogens with zero attached hydrogens (tertiary/aromatic N) is 1. The Balaban J connectivity index is 2.20. The zero-order valence-electron chi connectivity index (χ0n) is 10.8. The molecule has 1 heterocycles. The smallest absolute Gasteiger partial charge is 0.174 e. The quantitative estimate of drug-likeness (QED) is 0.679. The molecule has 0 saturated heterocycles. The Kier molecular flexibility index (Phi) is 3.15. The normalized spacial score (nSPS) is 10.6. The molecule has 0 unspecified atom stereocenters. The summed E-state index contributed by atoms with van der Waals surface area (Å²) in [4.78, 5) is 0. The lowest BCUT2D eigenvalue weighted by Crippen LogP contribution is -1.86. The summed E-state index contributed by atoms with van der Waals surface area (Å²) >= 11 is 0. The Bertz CT molecular complexity index is 656. The van der Waals surface area contributed by atoms with Crippen LogP contribution in [0, 0.1) is 0 Å². The maximum Gasteiger partial charge on any atom is 0.174 e. The van der Waals surface area contributed by atoms with Gasteiger partial charge in [0, 0.05) is 5.56 Å². The van der Waals surface area contributed by atoms with Crippen LogP contribution in [0.15, 0.2) is 65.2 Å². The van der Waals surface area contributed by atoms with Gasteiger partial charge < -0.3 is 4.52 Å². The topological polar surface area (TPSA) is 26.0 Å². The van der Waals surface area contributed by atoms with E-state index in [-0.39, 0.29) is 0 Å². The van der Waals surface area contributed by atoms with Crippen molar-refractivity contribution >= 4 is 0 Å². The largest absolute Gasteiger partial charge is 0.355 e. The first-order chi connectivity index (χ1) is 9.40. The molecule has 3 aromatic rings. The summed E-state index contributed by atoms with van der Waals surface area (Å²) in [7, 11) is 0. The van der Waals surface area contributed by atoms with Gasteiger partial charge in [-0.25, -0.2) is 0 Å². The van der Waals surface area contributed by atoms with Crippen molar-refractivity contribution in [1.82, 2.24) is 5.16 Å². The Morgan fingerprint density at radius 2 is 1.42 bits per heavy atom. The first-order valence-corrected chi connectivity index (χ1v) is 6.49. The number of hydrogen-bond donors (Lipinski definition) is 0. The van der Waals surface area contributed by atoms with Gasteiger partial charge in [-0.05, 0) is 12.0 Å². The van der Waals surface area contributed by atoms with Gasteiger partial charge in [-0.1, -0.05) is 72.7 Å². The van der Waals surface area contributed by atoms with Crippen LogP contribution in [0.3, 0.4) is 0 Å². The van der Waals surface area contributed by atoms with Crippen LogP contribution in [-0.4, -0.2) is 5.16 Å². The number of rotatable bonds is 3. The molecule has 0 atom stereocenters. The Hall–Kier alpha value is -2.35. The monoisotopic (exact) mass is 249 g/mol. The molecule has 2 aromatic carbocycles. The average Bonchev–Trinajstić information content (AvgIpc) is 2.93. The molecule has 0 N–H and O–H groups in total. The molecule has 3 rings (SSSR count). The van der Waals surface area contributed by atoms with E-state index >= 15 is 0 Å². The van der Waals surface area contributed by atoms with Gasteiger partial charge in [-0.15, -0.1) is 0 Å². The Morgan fingerprint density at radius 1 is 0.842 bits per heavy atom. The summed E-state index contributed by atoms with van der Waals surface area (Å²) in [6.45, 7) is 2.10. The summed E-state index contributed by atoms with van der Waals surface area (Å²) in [5.74, 6) is 0.851. The summed E-state index contributed by atoms with van der Waals surface area (Å²) in [6.07, 6.45) is 0.862. The molecule has 1 aromatic heterocycles. The molecule has 0 radical (unpaired) electrons. The number of hydrogen-bond acceptors (Lipinski definition) is 2. The number of aromatic nitrogens is 1. The minimum Gasteiger partial charge on any atom is -0.355 e. The van der Waals surface area contributed by atoms with Crippen LogP contribution in [-0.2, 0) is 6.42 Å². The van der Waals surface area contributed by atoms with Crippen molar-refractivity contribution in [2.45, 2.75) is 13.3 Å². The van der Waals surface area contributed by atoms with E-state index in [4.69, 9.17) is 4.52 Å². The summed E-state index contributed by atoms with van der Waals surface area (Å²) < 4.78 is 5.58. The molecule has 2 heteroatoms. The van der Waals surface area contributed by atoms with Crippen LogP contribution in [0.5, 0.6) is 0 Å². The molecular weight excluding hydrogens is 234 g/mol. The molecule has 0 aliphatic carbocycles. The lowest BCUT2D eigenvalue weighted by molar-refractivity contribution is 0.424. The number of aryl methyl sites for hydroxylation is 1. The van der Waals surface area contributed by atoms with Crippen molar-refractivity contribution < 1.29 is 4.52 Å².